The zero-order chi connectivity index (χ0) is 16.3. The van der Waals surface area contributed by atoms with Crippen molar-refractivity contribution in [2.24, 2.45) is 5.92 Å². The van der Waals surface area contributed by atoms with Crippen LogP contribution in [0, 0.1) is 5.92 Å². The third-order valence-electron chi connectivity index (χ3n) is 3.82. The number of halogens is 3. The molecule has 0 radical (unpaired) electrons. The van der Waals surface area contributed by atoms with E-state index in [0.29, 0.717) is 12.2 Å². The van der Waals surface area contributed by atoms with Gasteiger partial charge in [0.25, 0.3) is 0 Å². The molecule has 0 aliphatic heterocycles. The highest BCUT2D eigenvalue weighted by atomic mass is 19.4. The number of amides is 1. The molecule has 1 aliphatic rings. The van der Waals surface area contributed by atoms with Gasteiger partial charge in [0.2, 0.25) is 5.91 Å². The van der Waals surface area contributed by atoms with Crippen molar-refractivity contribution in [3.8, 4) is 0 Å². The third-order valence-corrected chi connectivity index (χ3v) is 3.82. The minimum Gasteiger partial charge on any atom is -0.356 e. The fraction of sp³-hybridized carbons (Fsp3) is 0.733. The molecule has 1 saturated carbocycles. The summed E-state index contributed by atoms with van der Waals surface area (Å²) in [4.78, 5) is 11.9. The largest absolute Gasteiger partial charge is 0.435 e. The topological polar surface area (TPSA) is 46.9 Å². The molecule has 0 bridgehead atoms. The Kier molecular flexibility index (Phi) is 5.13. The Balaban J connectivity index is 2.04. The zero-order valence-electron chi connectivity index (χ0n) is 12.9. The number of unbranched alkanes of at least 4 members (excludes halogenated alkanes) is 1. The van der Waals surface area contributed by atoms with Crippen LogP contribution in [0.3, 0.4) is 0 Å². The molecule has 124 valence electrons. The number of carbonyl (C=O) groups excluding carboxylic acids is 1. The predicted molar refractivity (Wildman–Crippen MR) is 76.3 cm³/mol. The first kappa shape index (κ1) is 16.8. The molecular formula is C15H22F3N3O. The van der Waals surface area contributed by atoms with Crippen molar-refractivity contribution in [1.29, 1.82) is 0 Å². The molecule has 0 aromatic carbocycles. The van der Waals surface area contributed by atoms with Crippen LogP contribution in [0.1, 0.15) is 56.8 Å². The number of rotatable bonds is 7. The summed E-state index contributed by atoms with van der Waals surface area (Å²) in [6.07, 6.45) is -0.790. The molecule has 0 spiro atoms. The van der Waals surface area contributed by atoms with Crippen molar-refractivity contribution in [2.45, 2.75) is 58.2 Å². The minimum absolute atomic E-state index is 0.140. The first-order chi connectivity index (χ1) is 10.3. The Morgan fingerprint density at radius 1 is 1.50 bits per heavy atom. The molecule has 1 unspecified atom stereocenters. The highest BCUT2D eigenvalue weighted by molar-refractivity contribution is 5.78. The van der Waals surface area contributed by atoms with Crippen molar-refractivity contribution in [3.63, 3.8) is 0 Å². The second-order valence-corrected chi connectivity index (χ2v) is 5.95. The fourth-order valence-corrected chi connectivity index (χ4v) is 2.33. The molecule has 1 aromatic heterocycles. The van der Waals surface area contributed by atoms with Gasteiger partial charge in [-0.15, -0.1) is 0 Å². The second-order valence-electron chi connectivity index (χ2n) is 5.95. The predicted octanol–water partition coefficient (Wildman–Crippen LogP) is 3.33. The van der Waals surface area contributed by atoms with Crippen molar-refractivity contribution < 1.29 is 18.0 Å². The van der Waals surface area contributed by atoms with Crippen LogP contribution >= 0.6 is 0 Å². The minimum atomic E-state index is -4.44. The highest BCUT2D eigenvalue weighted by Gasteiger charge is 2.38. The number of hydrogen-bond acceptors (Lipinski definition) is 2. The van der Waals surface area contributed by atoms with Gasteiger partial charge in [-0.3, -0.25) is 9.48 Å². The van der Waals surface area contributed by atoms with Crippen LogP contribution in [0.25, 0.3) is 0 Å². The zero-order valence-corrected chi connectivity index (χ0v) is 12.9. The summed E-state index contributed by atoms with van der Waals surface area (Å²) < 4.78 is 39.8. The van der Waals surface area contributed by atoms with Gasteiger partial charge >= 0.3 is 6.18 Å². The second kappa shape index (κ2) is 6.71. The van der Waals surface area contributed by atoms with Crippen LogP contribution in [0.15, 0.2) is 6.07 Å². The summed E-state index contributed by atoms with van der Waals surface area (Å²) >= 11 is 0. The maximum Gasteiger partial charge on any atom is 0.435 e. The van der Waals surface area contributed by atoms with E-state index in [1.54, 1.807) is 6.92 Å². The van der Waals surface area contributed by atoms with Crippen LogP contribution in [-0.2, 0) is 17.5 Å². The molecule has 4 nitrogen and oxygen atoms in total. The van der Waals surface area contributed by atoms with E-state index in [1.807, 2.05) is 6.92 Å². The summed E-state index contributed by atoms with van der Waals surface area (Å²) in [5.41, 5.74) is -0.270. The Hall–Kier alpha value is -1.53. The van der Waals surface area contributed by atoms with Gasteiger partial charge in [-0.1, -0.05) is 20.3 Å². The number of alkyl halides is 3. The van der Waals surface area contributed by atoms with Crippen LogP contribution in [0.2, 0.25) is 0 Å². The van der Waals surface area contributed by atoms with Crippen molar-refractivity contribution in [2.75, 3.05) is 6.54 Å². The third kappa shape index (κ3) is 4.24. The molecule has 1 aliphatic carbocycles. The van der Waals surface area contributed by atoms with Gasteiger partial charge < -0.3 is 5.32 Å². The molecule has 1 heterocycles. The molecule has 7 heteroatoms. The molecular weight excluding hydrogens is 295 g/mol. The Morgan fingerprint density at radius 2 is 2.18 bits per heavy atom. The summed E-state index contributed by atoms with van der Waals surface area (Å²) in [5.74, 6) is -0.395. The van der Waals surface area contributed by atoms with Crippen LogP contribution in [0.5, 0.6) is 0 Å². The van der Waals surface area contributed by atoms with Gasteiger partial charge in [0.05, 0.1) is 12.5 Å². The van der Waals surface area contributed by atoms with E-state index in [0.717, 1.165) is 31.7 Å². The number of hydrogen-bond donors (Lipinski definition) is 1. The Labute approximate surface area is 128 Å². The number of aromatic nitrogens is 2. The number of nitrogens with zero attached hydrogens (tertiary/aromatic N) is 2. The summed E-state index contributed by atoms with van der Waals surface area (Å²) in [6, 6.07) is 1.12. The Bertz CT molecular complexity index is 521. The maximum absolute atomic E-state index is 12.8. The molecule has 1 aromatic rings. The summed E-state index contributed by atoms with van der Waals surface area (Å²) in [7, 11) is 0. The summed E-state index contributed by atoms with van der Waals surface area (Å²) in [5, 5.41) is 6.48. The molecule has 1 N–H and O–H groups in total. The normalized spacial score (nSPS) is 16.6. The Morgan fingerprint density at radius 3 is 2.73 bits per heavy atom. The molecule has 1 amide bonds. The van der Waals surface area contributed by atoms with Gasteiger partial charge in [-0.05, 0) is 25.3 Å². The van der Waals surface area contributed by atoms with Crippen LogP contribution in [0.4, 0.5) is 13.2 Å². The first-order valence-electron chi connectivity index (χ1n) is 7.75. The van der Waals surface area contributed by atoms with E-state index in [2.05, 4.69) is 10.4 Å². The SMILES string of the molecule is CCCCNC(=O)C(C)Cn1nc(C(F)(F)F)cc1C1CC1. The first-order valence-corrected chi connectivity index (χ1v) is 7.75. The number of carbonyl (C=O) groups is 1. The highest BCUT2D eigenvalue weighted by Crippen LogP contribution is 2.42. The van der Waals surface area contributed by atoms with Crippen LogP contribution < -0.4 is 5.32 Å². The van der Waals surface area contributed by atoms with E-state index in [9.17, 15) is 18.0 Å². The lowest BCUT2D eigenvalue weighted by molar-refractivity contribution is -0.141. The van der Waals surface area contributed by atoms with Gasteiger partial charge in [-0.2, -0.15) is 18.3 Å². The van der Waals surface area contributed by atoms with Crippen molar-refractivity contribution >= 4 is 5.91 Å². The molecule has 22 heavy (non-hydrogen) atoms. The average Bonchev–Trinajstić information content (AvgIpc) is 3.19. The maximum atomic E-state index is 12.8. The summed E-state index contributed by atoms with van der Waals surface area (Å²) in [6.45, 7) is 4.52. The van der Waals surface area contributed by atoms with E-state index in [-0.39, 0.29) is 18.4 Å². The molecule has 0 saturated heterocycles. The van der Waals surface area contributed by atoms with Gasteiger partial charge in [0.15, 0.2) is 5.69 Å². The molecule has 1 fully saturated rings. The van der Waals surface area contributed by atoms with E-state index < -0.39 is 17.8 Å². The van der Waals surface area contributed by atoms with Gasteiger partial charge in [0.1, 0.15) is 0 Å². The van der Waals surface area contributed by atoms with Crippen molar-refractivity contribution in [1.82, 2.24) is 15.1 Å². The van der Waals surface area contributed by atoms with Gasteiger partial charge in [0, 0.05) is 18.2 Å². The number of nitrogens with one attached hydrogen (secondary N) is 1. The van der Waals surface area contributed by atoms with Gasteiger partial charge in [-0.25, -0.2) is 0 Å². The molecule has 1 atom stereocenters. The lowest BCUT2D eigenvalue weighted by Crippen LogP contribution is -2.32. The standard InChI is InChI=1S/C15H22F3N3O/c1-3-4-7-19-14(22)10(2)9-21-12(11-5-6-11)8-13(20-21)15(16,17)18/h8,10-11H,3-7,9H2,1-2H3,(H,19,22). The monoisotopic (exact) mass is 317 g/mol. The fourth-order valence-electron chi connectivity index (χ4n) is 2.33. The quantitative estimate of drug-likeness (QED) is 0.784. The van der Waals surface area contributed by atoms with E-state index in [4.69, 9.17) is 0 Å². The van der Waals surface area contributed by atoms with E-state index >= 15 is 0 Å². The van der Waals surface area contributed by atoms with Crippen molar-refractivity contribution in [3.05, 3.63) is 17.5 Å². The lowest BCUT2D eigenvalue weighted by Gasteiger charge is -2.14. The molecule has 2 rings (SSSR count). The van der Waals surface area contributed by atoms with E-state index in [1.165, 1.54) is 4.68 Å². The smallest absolute Gasteiger partial charge is 0.356 e. The lowest BCUT2D eigenvalue weighted by atomic mass is 10.1. The average molecular weight is 317 g/mol. The van der Waals surface area contributed by atoms with Crippen LogP contribution in [-0.4, -0.2) is 22.2 Å².